The summed E-state index contributed by atoms with van der Waals surface area (Å²) in [5.74, 6) is 1.44. The smallest absolute Gasteiger partial charge is 0.226 e. The highest BCUT2D eigenvalue weighted by molar-refractivity contribution is 5.32. The fourth-order valence-electron chi connectivity index (χ4n) is 2.80. The summed E-state index contributed by atoms with van der Waals surface area (Å²) < 4.78 is 5.40. The van der Waals surface area contributed by atoms with E-state index in [2.05, 4.69) is 48.3 Å². The highest BCUT2D eigenvalue weighted by Crippen LogP contribution is 2.36. The molecule has 21 heavy (non-hydrogen) atoms. The Morgan fingerprint density at radius 3 is 2.43 bits per heavy atom. The summed E-state index contributed by atoms with van der Waals surface area (Å²) in [6.45, 7) is 4.54. The van der Waals surface area contributed by atoms with Crippen molar-refractivity contribution in [3.05, 3.63) is 47.6 Å². The zero-order chi connectivity index (χ0) is 15.1. The number of hydrogen-bond donors (Lipinski definition) is 1. The summed E-state index contributed by atoms with van der Waals surface area (Å²) in [4.78, 5) is 4.61. The lowest BCUT2D eigenvalue weighted by Crippen LogP contribution is -2.27. The van der Waals surface area contributed by atoms with Gasteiger partial charge in [0.05, 0.1) is 5.41 Å². The molecule has 0 amide bonds. The van der Waals surface area contributed by atoms with Crippen LogP contribution in [0.1, 0.15) is 56.8 Å². The summed E-state index contributed by atoms with van der Waals surface area (Å²) >= 11 is 0. The monoisotopic (exact) mass is 288 g/mol. The highest BCUT2D eigenvalue weighted by Gasteiger charge is 2.35. The van der Waals surface area contributed by atoms with E-state index in [1.807, 2.05) is 6.07 Å². The molecule has 0 saturated heterocycles. The Morgan fingerprint density at radius 2 is 1.81 bits per heavy atom. The second-order valence-electron chi connectivity index (χ2n) is 5.35. The van der Waals surface area contributed by atoms with E-state index in [-0.39, 0.29) is 12.0 Å². The molecule has 2 aromatic rings. The molecule has 1 aromatic carbocycles. The van der Waals surface area contributed by atoms with Gasteiger partial charge in [0, 0.05) is 13.0 Å². The first-order valence-corrected chi connectivity index (χ1v) is 7.76. The fourth-order valence-corrected chi connectivity index (χ4v) is 2.80. The van der Waals surface area contributed by atoms with Crippen molar-refractivity contribution in [2.45, 2.75) is 51.4 Å². The lowest BCUT2D eigenvalue weighted by molar-refractivity contribution is 0.280. The molecule has 0 unspecified atom stereocenters. The van der Waals surface area contributed by atoms with Crippen LogP contribution in [-0.2, 0) is 11.8 Å². The summed E-state index contributed by atoms with van der Waals surface area (Å²) in [5.41, 5.74) is 1.05. The van der Waals surface area contributed by atoms with E-state index < -0.39 is 0 Å². The van der Waals surface area contributed by atoms with Gasteiger partial charge >= 0.3 is 0 Å². The van der Waals surface area contributed by atoms with Crippen LogP contribution in [0.15, 0.2) is 34.9 Å². The lowest BCUT2D eigenvalue weighted by Gasteiger charge is -2.28. The quantitative estimate of drug-likeness (QED) is 0.755. The van der Waals surface area contributed by atoms with Gasteiger partial charge in [-0.05, 0) is 31.2 Å². The van der Waals surface area contributed by atoms with E-state index >= 15 is 0 Å². The number of aromatic nitrogens is 2. The van der Waals surface area contributed by atoms with Crippen molar-refractivity contribution in [1.82, 2.24) is 10.1 Å². The van der Waals surface area contributed by atoms with Crippen LogP contribution in [0.3, 0.4) is 0 Å². The average molecular weight is 288 g/mol. The Balaban J connectivity index is 2.27. The standard InChI is InChI=1S/C17H24N2O2/c1-3-17(4-2,14-10-6-5-7-11-14)16-18-15(21-19-16)12-8-9-13-20/h5-7,10-11,20H,3-4,8-9,12-13H2,1-2H3. The van der Waals surface area contributed by atoms with Gasteiger partial charge in [0.2, 0.25) is 5.89 Å². The fraction of sp³-hybridized carbons (Fsp3) is 0.529. The molecule has 114 valence electrons. The molecular weight excluding hydrogens is 264 g/mol. The normalized spacial score (nSPS) is 11.8. The number of hydrogen-bond acceptors (Lipinski definition) is 4. The zero-order valence-corrected chi connectivity index (χ0v) is 12.9. The summed E-state index contributed by atoms with van der Waals surface area (Å²) in [5, 5.41) is 13.1. The summed E-state index contributed by atoms with van der Waals surface area (Å²) in [6.07, 6.45) is 4.23. The third kappa shape index (κ3) is 3.32. The molecule has 0 aliphatic carbocycles. The molecule has 4 nitrogen and oxygen atoms in total. The minimum atomic E-state index is -0.181. The molecule has 2 rings (SSSR count). The van der Waals surface area contributed by atoms with Gasteiger partial charge in [-0.3, -0.25) is 0 Å². The molecule has 0 fully saturated rings. The summed E-state index contributed by atoms with van der Waals surface area (Å²) in [6, 6.07) is 10.4. The largest absolute Gasteiger partial charge is 0.396 e. The maximum atomic E-state index is 8.84. The Bertz CT molecular complexity index is 533. The topological polar surface area (TPSA) is 59.2 Å². The van der Waals surface area contributed by atoms with Crippen molar-refractivity contribution in [3.8, 4) is 0 Å². The number of aryl methyl sites for hydroxylation is 1. The van der Waals surface area contributed by atoms with Crippen LogP contribution in [0.2, 0.25) is 0 Å². The van der Waals surface area contributed by atoms with Gasteiger partial charge in [0.1, 0.15) is 0 Å². The van der Waals surface area contributed by atoms with E-state index in [9.17, 15) is 0 Å². The molecule has 4 heteroatoms. The minimum absolute atomic E-state index is 0.181. The van der Waals surface area contributed by atoms with Crippen LogP contribution in [-0.4, -0.2) is 21.9 Å². The highest BCUT2D eigenvalue weighted by atomic mass is 16.5. The average Bonchev–Trinajstić information content (AvgIpc) is 3.00. The van der Waals surface area contributed by atoms with Crippen LogP contribution in [0.25, 0.3) is 0 Å². The first-order valence-electron chi connectivity index (χ1n) is 7.76. The molecule has 0 radical (unpaired) electrons. The third-order valence-electron chi connectivity index (χ3n) is 4.23. The molecule has 0 bridgehead atoms. The van der Waals surface area contributed by atoms with Gasteiger partial charge in [-0.15, -0.1) is 0 Å². The molecule has 1 N–H and O–H groups in total. The number of rotatable bonds is 8. The maximum absolute atomic E-state index is 8.84. The van der Waals surface area contributed by atoms with Crippen LogP contribution in [0.4, 0.5) is 0 Å². The van der Waals surface area contributed by atoms with E-state index in [4.69, 9.17) is 9.63 Å². The zero-order valence-electron chi connectivity index (χ0n) is 12.9. The Labute approximate surface area is 126 Å². The van der Waals surface area contributed by atoms with Crippen LogP contribution in [0.5, 0.6) is 0 Å². The lowest BCUT2D eigenvalue weighted by atomic mass is 9.75. The van der Waals surface area contributed by atoms with E-state index in [0.29, 0.717) is 5.89 Å². The predicted octanol–water partition coefficient (Wildman–Crippen LogP) is 3.49. The first-order chi connectivity index (χ1) is 10.3. The van der Waals surface area contributed by atoms with Gasteiger partial charge < -0.3 is 9.63 Å². The van der Waals surface area contributed by atoms with E-state index in [1.54, 1.807) is 0 Å². The van der Waals surface area contributed by atoms with Crippen molar-refractivity contribution in [2.75, 3.05) is 6.61 Å². The Kier molecular flexibility index (Phi) is 5.51. The van der Waals surface area contributed by atoms with E-state index in [1.165, 1.54) is 5.56 Å². The van der Waals surface area contributed by atoms with Crippen LogP contribution < -0.4 is 0 Å². The van der Waals surface area contributed by atoms with Crippen LogP contribution >= 0.6 is 0 Å². The first kappa shape index (κ1) is 15.7. The van der Waals surface area contributed by atoms with Crippen molar-refractivity contribution >= 4 is 0 Å². The molecule has 1 aromatic heterocycles. The van der Waals surface area contributed by atoms with Crippen molar-refractivity contribution in [3.63, 3.8) is 0 Å². The predicted molar refractivity (Wildman–Crippen MR) is 82.1 cm³/mol. The second kappa shape index (κ2) is 7.36. The Morgan fingerprint density at radius 1 is 1.10 bits per heavy atom. The number of benzene rings is 1. The molecule has 0 atom stereocenters. The third-order valence-corrected chi connectivity index (χ3v) is 4.23. The Hall–Kier alpha value is -1.68. The van der Waals surface area contributed by atoms with Crippen molar-refractivity contribution < 1.29 is 9.63 Å². The number of aliphatic hydroxyl groups is 1. The molecular formula is C17H24N2O2. The number of aliphatic hydroxyl groups excluding tert-OH is 1. The van der Waals surface area contributed by atoms with Gasteiger partial charge in [-0.2, -0.15) is 4.98 Å². The van der Waals surface area contributed by atoms with Crippen molar-refractivity contribution in [2.24, 2.45) is 0 Å². The number of nitrogens with zero attached hydrogens (tertiary/aromatic N) is 2. The number of unbranched alkanes of at least 4 members (excludes halogenated alkanes) is 1. The SMILES string of the molecule is CCC(CC)(c1ccccc1)c1noc(CCCCO)n1. The molecule has 0 aliphatic rings. The van der Waals surface area contributed by atoms with E-state index in [0.717, 1.165) is 37.9 Å². The van der Waals surface area contributed by atoms with Gasteiger partial charge in [-0.25, -0.2) is 0 Å². The maximum Gasteiger partial charge on any atom is 0.226 e. The van der Waals surface area contributed by atoms with Gasteiger partial charge in [0.25, 0.3) is 0 Å². The summed E-state index contributed by atoms with van der Waals surface area (Å²) in [7, 11) is 0. The second-order valence-corrected chi connectivity index (χ2v) is 5.35. The molecule has 1 heterocycles. The molecule has 0 spiro atoms. The molecule has 0 aliphatic heterocycles. The minimum Gasteiger partial charge on any atom is -0.396 e. The van der Waals surface area contributed by atoms with Crippen molar-refractivity contribution in [1.29, 1.82) is 0 Å². The molecule has 0 saturated carbocycles. The van der Waals surface area contributed by atoms with Crippen LogP contribution in [0, 0.1) is 0 Å². The van der Waals surface area contributed by atoms with Gasteiger partial charge in [0.15, 0.2) is 5.82 Å². The van der Waals surface area contributed by atoms with Gasteiger partial charge in [-0.1, -0.05) is 49.3 Å².